The van der Waals surface area contributed by atoms with Crippen LogP contribution < -0.4 is 5.32 Å². The Labute approximate surface area is 123 Å². The summed E-state index contributed by atoms with van der Waals surface area (Å²) in [5, 5.41) is 3.80. The molecule has 1 aliphatic carbocycles. The highest BCUT2D eigenvalue weighted by Crippen LogP contribution is 2.41. The summed E-state index contributed by atoms with van der Waals surface area (Å²) in [5.41, 5.74) is 1.56. The summed E-state index contributed by atoms with van der Waals surface area (Å²) in [6.45, 7) is 3.30. The number of hydrogen-bond acceptors (Lipinski definition) is 3. The summed E-state index contributed by atoms with van der Waals surface area (Å²) >= 11 is 0. The molecule has 1 fully saturated rings. The van der Waals surface area contributed by atoms with Crippen molar-refractivity contribution in [1.82, 2.24) is 15.2 Å². The molecule has 1 heterocycles. The number of nitrogens with one attached hydrogen (secondary N) is 1. The molecule has 1 aromatic rings. The van der Waals surface area contributed by atoms with Gasteiger partial charge < -0.3 is 10.2 Å². The van der Waals surface area contributed by atoms with Crippen LogP contribution >= 0.6 is 0 Å². The molecule has 1 aromatic heterocycles. The topological polar surface area (TPSA) is 28.2 Å². The third kappa shape index (κ3) is 3.21. The van der Waals surface area contributed by atoms with Gasteiger partial charge in [0.1, 0.15) is 0 Å². The van der Waals surface area contributed by atoms with E-state index in [1.807, 2.05) is 12.4 Å². The Morgan fingerprint density at radius 2 is 2.05 bits per heavy atom. The van der Waals surface area contributed by atoms with Crippen molar-refractivity contribution in [2.45, 2.75) is 57.0 Å². The minimum absolute atomic E-state index is 0.233. The van der Waals surface area contributed by atoms with Crippen molar-refractivity contribution in [3.8, 4) is 0 Å². The second kappa shape index (κ2) is 7.19. The number of aromatic nitrogens is 1. The molecule has 0 saturated heterocycles. The van der Waals surface area contributed by atoms with Crippen LogP contribution in [0.1, 0.15) is 57.1 Å². The van der Waals surface area contributed by atoms with Crippen molar-refractivity contribution in [2.75, 3.05) is 20.6 Å². The van der Waals surface area contributed by atoms with E-state index >= 15 is 0 Å². The number of rotatable bonds is 6. The zero-order chi connectivity index (χ0) is 14.4. The van der Waals surface area contributed by atoms with Gasteiger partial charge in [0.2, 0.25) is 0 Å². The molecule has 3 heteroatoms. The van der Waals surface area contributed by atoms with Gasteiger partial charge in [0.05, 0.1) is 6.04 Å². The first-order valence-corrected chi connectivity index (χ1v) is 8.01. The molecule has 112 valence electrons. The molecule has 0 radical (unpaired) electrons. The van der Waals surface area contributed by atoms with E-state index in [9.17, 15) is 0 Å². The molecule has 0 amide bonds. The van der Waals surface area contributed by atoms with Crippen LogP contribution in [-0.4, -0.2) is 36.1 Å². The Morgan fingerprint density at radius 3 is 2.60 bits per heavy atom. The molecule has 1 N–H and O–H groups in total. The Morgan fingerprint density at radius 1 is 1.30 bits per heavy atom. The Kier molecular flexibility index (Phi) is 5.55. The SMILES string of the molecule is CCCNC(c1cccnc1)C1(N(C)C)CCCCC1. The van der Waals surface area contributed by atoms with Crippen LogP contribution in [0.5, 0.6) is 0 Å². The molecule has 0 spiro atoms. The lowest BCUT2D eigenvalue weighted by Gasteiger charge is -2.49. The van der Waals surface area contributed by atoms with Gasteiger partial charge in [0, 0.05) is 17.9 Å². The molecular formula is C17H29N3. The normalized spacial score (nSPS) is 20.0. The maximum atomic E-state index is 4.34. The molecule has 1 atom stereocenters. The number of hydrogen-bond donors (Lipinski definition) is 1. The summed E-state index contributed by atoms with van der Waals surface area (Å²) in [6, 6.07) is 4.66. The van der Waals surface area contributed by atoms with Gasteiger partial charge in [0.15, 0.2) is 0 Å². The van der Waals surface area contributed by atoms with E-state index in [1.54, 1.807) is 0 Å². The van der Waals surface area contributed by atoms with E-state index < -0.39 is 0 Å². The third-order valence-electron chi connectivity index (χ3n) is 4.76. The van der Waals surface area contributed by atoms with Crippen molar-refractivity contribution < 1.29 is 0 Å². The van der Waals surface area contributed by atoms with Crippen molar-refractivity contribution in [1.29, 1.82) is 0 Å². The number of nitrogens with zero attached hydrogens (tertiary/aromatic N) is 2. The fraction of sp³-hybridized carbons (Fsp3) is 0.706. The number of likely N-dealkylation sites (N-methyl/N-ethyl adjacent to an activating group) is 1. The van der Waals surface area contributed by atoms with Crippen LogP contribution in [0.25, 0.3) is 0 Å². The zero-order valence-electron chi connectivity index (χ0n) is 13.2. The molecule has 0 bridgehead atoms. The fourth-order valence-corrected chi connectivity index (χ4v) is 3.61. The predicted octanol–water partition coefficient (Wildman–Crippen LogP) is 3.39. The van der Waals surface area contributed by atoms with Crippen LogP contribution in [-0.2, 0) is 0 Å². The maximum absolute atomic E-state index is 4.34. The number of pyridine rings is 1. The monoisotopic (exact) mass is 275 g/mol. The first kappa shape index (κ1) is 15.5. The van der Waals surface area contributed by atoms with E-state index in [4.69, 9.17) is 0 Å². The molecule has 1 aliphatic rings. The predicted molar refractivity (Wildman–Crippen MR) is 84.8 cm³/mol. The highest BCUT2D eigenvalue weighted by molar-refractivity contribution is 5.20. The highest BCUT2D eigenvalue weighted by atomic mass is 15.2. The maximum Gasteiger partial charge on any atom is 0.0522 e. The van der Waals surface area contributed by atoms with E-state index in [0.29, 0.717) is 6.04 Å². The first-order valence-electron chi connectivity index (χ1n) is 8.01. The Hall–Kier alpha value is -0.930. The average molecular weight is 275 g/mol. The van der Waals surface area contributed by atoms with Crippen molar-refractivity contribution in [2.24, 2.45) is 0 Å². The van der Waals surface area contributed by atoms with E-state index in [2.05, 4.69) is 48.4 Å². The Bertz CT molecular complexity index is 382. The lowest BCUT2D eigenvalue weighted by atomic mass is 9.73. The molecule has 3 nitrogen and oxygen atoms in total. The summed E-state index contributed by atoms with van der Waals surface area (Å²) in [6.07, 6.45) is 11.7. The van der Waals surface area contributed by atoms with Crippen molar-refractivity contribution in [3.63, 3.8) is 0 Å². The zero-order valence-corrected chi connectivity index (χ0v) is 13.2. The minimum atomic E-state index is 0.233. The van der Waals surface area contributed by atoms with E-state index in [-0.39, 0.29) is 5.54 Å². The van der Waals surface area contributed by atoms with Gasteiger partial charge in [-0.25, -0.2) is 0 Å². The van der Waals surface area contributed by atoms with Crippen LogP contribution in [0, 0.1) is 0 Å². The quantitative estimate of drug-likeness (QED) is 0.862. The van der Waals surface area contributed by atoms with Gasteiger partial charge in [0.25, 0.3) is 0 Å². The Balaban J connectivity index is 2.32. The molecule has 0 aliphatic heterocycles. The van der Waals surface area contributed by atoms with E-state index in [1.165, 1.54) is 44.1 Å². The summed E-state index contributed by atoms with van der Waals surface area (Å²) < 4.78 is 0. The summed E-state index contributed by atoms with van der Waals surface area (Å²) in [4.78, 5) is 6.79. The summed E-state index contributed by atoms with van der Waals surface area (Å²) in [5.74, 6) is 0. The minimum Gasteiger partial charge on any atom is -0.308 e. The van der Waals surface area contributed by atoms with Crippen molar-refractivity contribution in [3.05, 3.63) is 30.1 Å². The van der Waals surface area contributed by atoms with Gasteiger partial charge in [-0.15, -0.1) is 0 Å². The smallest absolute Gasteiger partial charge is 0.0522 e. The van der Waals surface area contributed by atoms with Gasteiger partial charge in [-0.3, -0.25) is 4.98 Å². The second-order valence-electron chi connectivity index (χ2n) is 6.23. The van der Waals surface area contributed by atoms with Crippen LogP contribution in [0.3, 0.4) is 0 Å². The third-order valence-corrected chi connectivity index (χ3v) is 4.76. The lowest BCUT2D eigenvalue weighted by Crippen LogP contribution is -2.55. The average Bonchev–Trinajstić information content (AvgIpc) is 2.49. The van der Waals surface area contributed by atoms with Crippen LogP contribution in [0.15, 0.2) is 24.5 Å². The van der Waals surface area contributed by atoms with Gasteiger partial charge in [-0.05, 0) is 51.5 Å². The standard InChI is InChI=1S/C17H29N3/c1-4-12-19-16(15-9-8-13-18-14-15)17(20(2)3)10-6-5-7-11-17/h8-9,13-14,16,19H,4-7,10-12H2,1-3H3. The molecule has 2 rings (SSSR count). The van der Waals surface area contributed by atoms with E-state index in [0.717, 1.165) is 6.54 Å². The van der Waals surface area contributed by atoms with Gasteiger partial charge >= 0.3 is 0 Å². The molecule has 1 unspecified atom stereocenters. The first-order chi connectivity index (χ1) is 9.70. The molecule has 1 saturated carbocycles. The largest absolute Gasteiger partial charge is 0.308 e. The molecule has 0 aromatic carbocycles. The van der Waals surface area contributed by atoms with Crippen LogP contribution in [0.2, 0.25) is 0 Å². The molecular weight excluding hydrogens is 246 g/mol. The van der Waals surface area contributed by atoms with Crippen molar-refractivity contribution >= 4 is 0 Å². The van der Waals surface area contributed by atoms with Crippen LogP contribution in [0.4, 0.5) is 0 Å². The second-order valence-corrected chi connectivity index (χ2v) is 6.23. The summed E-state index contributed by atoms with van der Waals surface area (Å²) in [7, 11) is 4.48. The van der Waals surface area contributed by atoms with Gasteiger partial charge in [-0.1, -0.05) is 32.3 Å². The highest BCUT2D eigenvalue weighted by Gasteiger charge is 2.42. The molecule has 20 heavy (non-hydrogen) atoms. The van der Waals surface area contributed by atoms with Gasteiger partial charge in [-0.2, -0.15) is 0 Å². The lowest BCUT2D eigenvalue weighted by molar-refractivity contribution is 0.0563. The fourth-order valence-electron chi connectivity index (χ4n) is 3.61.